The van der Waals surface area contributed by atoms with Crippen LogP contribution in [0.15, 0.2) is 24.3 Å². The predicted octanol–water partition coefficient (Wildman–Crippen LogP) is 0.801. The van der Waals surface area contributed by atoms with Crippen LogP contribution in [0.3, 0.4) is 0 Å². The van der Waals surface area contributed by atoms with Gasteiger partial charge in [0.1, 0.15) is 5.75 Å². The third-order valence-corrected chi connectivity index (χ3v) is 2.06. The molecule has 0 saturated carbocycles. The van der Waals surface area contributed by atoms with Crippen LogP contribution in [0, 0.1) is 0 Å². The molecule has 0 heterocycles. The van der Waals surface area contributed by atoms with Crippen molar-refractivity contribution >= 4 is 6.03 Å². The molecule has 0 aliphatic heterocycles. The summed E-state index contributed by atoms with van der Waals surface area (Å²) in [5.74, 6) is 5.79. The molecule has 0 saturated heterocycles. The van der Waals surface area contributed by atoms with Crippen molar-refractivity contribution in [2.24, 2.45) is 5.84 Å². The Morgan fingerprint density at radius 1 is 1.38 bits per heavy atom. The molecule has 1 aromatic rings. The fourth-order valence-electron chi connectivity index (χ4n) is 1.29. The van der Waals surface area contributed by atoms with E-state index in [9.17, 15) is 4.79 Å². The molecule has 88 valence electrons. The molecule has 16 heavy (non-hydrogen) atoms. The molecule has 0 bridgehead atoms. The van der Waals surface area contributed by atoms with E-state index in [0.29, 0.717) is 13.2 Å². The highest BCUT2D eigenvalue weighted by Gasteiger charge is 1.97. The first kappa shape index (κ1) is 12.3. The lowest BCUT2D eigenvalue weighted by Gasteiger charge is -2.06. The van der Waals surface area contributed by atoms with Crippen molar-refractivity contribution in [3.8, 4) is 5.75 Å². The lowest BCUT2D eigenvalue weighted by atomic mass is 10.1. The van der Waals surface area contributed by atoms with E-state index in [4.69, 9.17) is 10.6 Å². The van der Waals surface area contributed by atoms with Gasteiger partial charge < -0.3 is 10.1 Å². The van der Waals surface area contributed by atoms with Gasteiger partial charge >= 0.3 is 6.03 Å². The number of urea groups is 1. The van der Waals surface area contributed by atoms with Gasteiger partial charge in [0.25, 0.3) is 0 Å². The summed E-state index contributed by atoms with van der Waals surface area (Å²) in [6.07, 6.45) is 0.764. The second kappa shape index (κ2) is 6.68. The second-order valence-electron chi connectivity index (χ2n) is 3.23. The molecule has 1 aromatic carbocycles. The number of rotatable bonds is 5. The van der Waals surface area contributed by atoms with Gasteiger partial charge in [0.15, 0.2) is 0 Å². The van der Waals surface area contributed by atoms with Gasteiger partial charge in [-0.1, -0.05) is 12.1 Å². The molecule has 0 aliphatic rings. The molecule has 1 rings (SSSR count). The van der Waals surface area contributed by atoms with Gasteiger partial charge in [0.05, 0.1) is 6.61 Å². The van der Waals surface area contributed by atoms with Crippen molar-refractivity contribution in [2.75, 3.05) is 13.2 Å². The number of nitrogens with one attached hydrogen (secondary N) is 2. The molecule has 0 fully saturated rings. The topological polar surface area (TPSA) is 76.4 Å². The van der Waals surface area contributed by atoms with Crippen LogP contribution in [-0.2, 0) is 6.42 Å². The largest absolute Gasteiger partial charge is 0.494 e. The number of hydrazine groups is 1. The molecule has 0 aliphatic carbocycles. The Kier molecular flexibility index (Phi) is 5.15. The van der Waals surface area contributed by atoms with Crippen molar-refractivity contribution in [2.45, 2.75) is 13.3 Å². The van der Waals surface area contributed by atoms with Crippen molar-refractivity contribution in [1.82, 2.24) is 10.7 Å². The van der Waals surface area contributed by atoms with Gasteiger partial charge in [-0.15, -0.1) is 0 Å². The highest BCUT2D eigenvalue weighted by atomic mass is 16.5. The normalized spacial score (nSPS) is 9.62. The van der Waals surface area contributed by atoms with E-state index < -0.39 is 0 Å². The number of hydrogen-bond donors (Lipinski definition) is 3. The average molecular weight is 223 g/mol. The maximum absolute atomic E-state index is 10.8. The molecule has 0 unspecified atom stereocenters. The molecule has 0 aromatic heterocycles. The third-order valence-electron chi connectivity index (χ3n) is 2.06. The van der Waals surface area contributed by atoms with E-state index in [-0.39, 0.29) is 6.03 Å². The van der Waals surface area contributed by atoms with Gasteiger partial charge in [-0.3, -0.25) is 5.43 Å². The Labute approximate surface area is 94.9 Å². The minimum Gasteiger partial charge on any atom is -0.494 e. The highest BCUT2D eigenvalue weighted by molar-refractivity contribution is 5.72. The fourth-order valence-corrected chi connectivity index (χ4v) is 1.29. The Balaban J connectivity index is 2.34. The summed E-state index contributed by atoms with van der Waals surface area (Å²) >= 11 is 0. The first-order chi connectivity index (χ1) is 7.76. The van der Waals surface area contributed by atoms with Crippen molar-refractivity contribution in [3.05, 3.63) is 29.8 Å². The smallest absolute Gasteiger partial charge is 0.328 e. The summed E-state index contributed by atoms with van der Waals surface area (Å²) in [4.78, 5) is 10.8. The van der Waals surface area contributed by atoms with Gasteiger partial charge in [-0.2, -0.15) is 0 Å². The van der Waals surface area contributed by atoms with Gasteiger partial charge in [-0.05, 0) is 31.0 Å². The number of carbonyl (C=O) groups is 1. The molecular weight excluding hydrogens is 206 g/mol. The van der Waals surface area contributed by atoms with Crippen LogP contribution in [0.1, 0.15) is 12.5 Å². The number of amides is 2. The molecule has 4 N–H and O–H groups in total. The maximum Gasteiger partial charge on any atom is 0.328 e. The first-order valence-electron chi connectivity index (χ1n) is 5.22. The van der Waals surface area contributed by atoms with Gasteiger partial charge in [0, 0.05) is 6.54 Å². The lowest BCUT2D eigenvalue weighted by Crippen LogP contribution is -2.40. The van der Waals surface area contributed by atoms with Crippen LogP contribution in [0.2, 0.25) is 0 Å². The molecule has 0 atom stereocenters. The Bertz CT molecular complexity index is 325. The molecule has 5 heteroatoms. The molecule has 0 spiro atoms. The van der Waals surface area contributed by atoms with E-state index in [1.54, 1.807) is 0 Å². The number of ether oxygens (including phenoxy) is 1. The van der Waals surface area contributed by atoms with E-state index >= 15 is 0 Å². The van der Waals surface area contributed by atoms with Crippen LogP contribution in [0.25, 0.3) is 0 Å². The Morgan fingerprint density at radius 2 is 2.06 bits per heavy atom. The van der Waals surface area contributed by atoms with Gasteiger partial charge in [0.2, 0.25) is 0 Å². The molecule has 2 amide bonds. The van der Waals surface area contributed by atoms with E-state index in [2.05, 4.69) is 5.32 Å². The molecular formula is C11H17N3O2. The summed E-state index contributed by atoms with van der Waals surface area (Å²) in [5.41, 5.74) is 3.15. The number of nitrogens with two attached hydrogens (primary N) is 1. The van der Waals surface area contributed by atoms with Crippen LogP contribution < -0.4 is 21.3 Å². The quantitative estimate of drug-likeness (QED) is 0.392. The zero-order chi connectivity index (χ0) is 11.8. The number of benzene rings is 1. The predicted molar refractivity (Wildman–Crippen MR) is 62.0 cm³/mol. The Morgan fingerprint density at radius 3 is 2.62 bits per heavy atom. The molecule has 5 nitrogen and oxygen atoms in total. The van der Waals surface area contributed by atoms with Crippen LogP contribution in [-0.4, -0.2) is 19.2 Å². The van der Waals surface area contributed by atoms with Crippen molar-refractivity contribution < 1.29 is 9.53 Å². The van der Waals surface area contributed by atoms with Crippen LogP contribution in [0.4, 0.5) is 4.79 Å². The van der Waals surface area contributed by atoms with E-state index in [0.717, 1.165) is 17.7 Å². The lowest BCUT2D eigenvalue weighted by molar-refractivity contribution is 0.241. The minimum atomic E-state index is -0.370. The van der Waals surface area contributed by atoms with Crippen molar-refractivity contribution in [3.63, 3.8) is 0 Å². The van der Waals surface area contributed by atoms with Gasteiger partial charge in [-0.25, -0.2) is 10.6 Å². The summed E-state index contributed by atoms with van der Waals surface area (Å²) in [5, 5.41) is 2.61. The SMILES string of the molecule is CCOc1ccc(CCNC(=O)NN)cc1. The monoisotopic (exact) mass is 223 g/mol. The first-order valence-corrected chi connectivity index (χ1v) is 5.22. The maximum atomic E-state index is 10.8. The fraction of sp³-hybridized carbons (Fsp3) is 0.364. The Hall–Kier alpha value is -1.75. The third kappa shape index (κ3) is 4.18. The summed E-state index contributed by atoms with van der Waals surface area (Å²) < 4.78 is 5.32. The highest BCUT2D eigenvalue weighted by Crippen LogP contribution is 2.11. The zero-order valence-corrected chi connectivity index (χ0v) is 9.32. The summed E-state index contributed by atoms with van der Waals surface area (Å²) in [6, 6.07) is 7.43. The zero-order valence-electron chi connectivity index (χ0n) is 9.32. The second-order valence-corrected chi connectivity index (χ2v) is 3.23. The summed E-state index contributed by atoms with van der Waals surface area (Å²) in [6.45, 7) is 3.16. The van der Waals surface area contributed by atoms with Crippen LogP contribution in [0.5, 0.6) is 5.75 Å². The number of carbonyl (C=O) groups excluding carboxylic acids is 1. The molecule has 0 radical (unpaired) electrons. The minimum absolute atomic E-state index is 0.370. The standard InChI is InChI=1S/C11H17N3O2/c1-2-16-10-5-3-9(4-6-10)7-8-13-11(15)14-12/h3-6H,2,7-8,12H2,1H3,(H2,13,14,15). The van der Waals surface area contributed by atoms with E-state index in [1.165, 1.54) is 0 Å². The number of hydrogen-bond acceptors (Lipinski definition) is 3. The van der Waals surface area contributed by atoms with Crippen LogP contribution >= 0.6 is 0 Å². The van der Waals surface area contributed by atoms with Crippen molar-refractivity contribution in [1.29, 1.82) is 0 Å². The average Bonchev–Trinajstić information content (AvgIpc) is 2.31. The van der Waals surface area contributed by atoms with E-state index in [1.807, 2.05) is 36.6 Å². The summed E-state index contributed by atoms with van der Waals surface area (Å²) in [7, 11) is 0.